The molecule has 0 fully saturated rings. The molecule has 1 aromatic heterocycles. The van der Waals surface area contributed by atoms with Crippen molar-refractivity contribution < 1.29 is 9.53 Å². The molecule has 0 aliphatic carbocycles. The van der Waals surface area contributed by atoms with Crippen LogP contribution in [0.25, 0.3) is 11.4 Å². The Morgan fingerprint density at radius 2 is 1.83 bits per heavy atom. The fourth-order valence-electron chi connectivity index (χ4n) is 1.43. The summed E-state index contributed by atoms with van der Waals surface area (Å²) in [6.07, 6.45) is 2.91. The number of hydrogen-bond donors (Lipinski definition) is 1. The highest BCUT2D eigenvalue weighted by Crippen LogP contribution is 2.16. The van der Waals surface area contributed by atoms with Crippen molar-refractivity contribution >= 4 is 11.7 Å². The van der Waals surface area contributed by atoms with Gasteiger partial charge in [0, 0.05) is 23.6 Å². The molecular weight excluding hydrogens is 230 g/mol. The lowest BCUT2D eigenvalue weighted by atomic mass is 10.2. The molecule has 0 unspecified atom stereocenters. The Hall–Kier alpha value is -2.43. The minimum absolute atomic E-state index is 0.332. The number of esters is 1. The Bertz CT molecular complexity index is 535. The summed E-state index contributed by atoms with van der Waals surface area (Å²) >= 11 is 0. The number of nitrogens with two attached hydrogens (primary N) is 1. The molecule has 92 valence electrons. The number of nitrogen functional groups attached to an aromatic ring is 1. The van der Waals surface area contributed by atoms with E-state index in [1.807, 2.05) is 12.1 Å². The lowest BCUT2D eigenvalue weighted by molar-refractivity contribution is 0.0525. The molecule has 2 N–H and O–H groups in total. The van der Waals surface area contributed by atoms with Crippen LogP contribution in [0.2, 0.25) is 0 Å². The summed E-state index contributed by atoms with van der Waals surface area (Å²) < 4.78 is 4.85. The lowest BCUT2D eigenvalue weighted by Gasteiger charge is -2.03. The zero-order chi connectivity index (χ0) is 13.0. The van der Waals surface area contributed by atoms with Gasteiger partial charge in [0.1, 0.15) is 0 Å². The van der Waals surface area contributed by atoms with Crippen LogP contribution in [0.15, 0.2) is 36.7 Å². The summed E-state index contributed by atoms with van der Waals surface area (Å²) in [6.45, 7) is 2.08. The van der Waals surface area contributed by atoms with Gasteiger partial charge in [-0.15, -0.1) is 0 Å². The van der Waals surface area contributed by atoms with Gasteiger partial charge in [0.05, 0.1) is 12.2 Å². The summed E-state index contributed by atoms with van der Waals surface area (Å²) in [5.41, 5.74) is 7.47. The van der Waals surface area contributed by atoms with Crippen LogP contribution in [-0.4, -0.2) is 22.5 Å². The normalized spacial score (nSPS) is 10.1. The SMILES string of the molecule is CCOC(=O)c1cnc(-c2ccc(N)cc2)nc1. The average molecular weight is 243 g/mol. The molecule has 0 bridgehead atoms. The maximum absolute atomic E-state index is 11.4. The van der Waals surface area contributed by atoms with Crippen molar-refractivity contribution in [1.82, 2.24) is 9.97 Å². The van der Waals surface area contributed by atoms with Crippen LogP contribution in [0, 0.1) is 0 Å². The molecule has 1 heterocycles. The van der Waals surface area contributed by atoms with Crippen molar-refractivity contribution in [3.8, 4) is 11.4 Å². The molecule has 2 aromatic rings. The smallest absolute Gasteiger partial charge is 0.341 e. The molecule has 0 saturated heterocycles. The average Bonchev–Trinajstić information content (AvgIpc) is 2.40. The van der Waals surface area contributed by atoms with Gasteiger partial charge < -0.3 is 10.5 Å². The van der Waals surface area contributed by atoms with E-state index in [0.717, 1.165) is 5.56 Å². The molecule has 1 aromatic carbocycles. The first kappa shape index (κ1) is 12.0. The van der Waals surface area contributed by atoms with E-state index in [-0.39, 0.29) is 0 Å². The minimum atomic E-state index is -0.415. The Balaban J connectivity index is 2.22. The molecule has 5 nitrogen and oxygen atoms in total. The molecule has 0 saturated carbocycles. The quantitative estimate of drug-likeness (QED) is 0.658. The van der Waals surface area contributed by atoms with Gasteiger partial charge in [-0.25, -0.2) is 14.8 Å². The van der Waals surface area contributed by atoms with Gasteiger partial charge in [-0.05, 0) is 31.2 Å². The summed E-state index contributed by atoms with van der Waals surface area (Å²) in [5.74, 6) is 0.129. The molecule has 0 amide bonds. The molecule has 5 heteroatoms. The number of carbonyl (C=O) groups is 1. The molecule has 0 radical (unpaired) electrons. The number of hydrogen-bond acceptors (Lipinski definition) is 5. The third kappa shape index (κ3) is 2.63. The van der Waals surface area contributed by atoms with Crippen LogP contribution >= 0.6 is 0 Å². The number of carbonyl (C=O) groups excluding carboxylic acids is 1. The number of aromatic nitrogens is 2. The van der Waals surface area contributed by atoms with Crippen molar-refractivity contribution in [2.75, 3.05) is 12.3 Å². The van der Waals surface area contributed by atoms with Crippen LogP contribution in [0.4, 0.5) is 5.69 Å². The third-order valence-corrected chi connectivity index (χ3v) is 2.33. The number of nitrogens with zero attached hydrogens (tertiary/aromatic N) is 2. The van der Waals surface area contributed by atoms with Crippen molar-refractivity contribution in [3.63, 3.8) is 0 Å². The first-order valence-electron chi connectivity index (χ1n) is 5.56. The fraction of sp³-hybridized carbons (Fsp3) is 0.154. The second-order valence-electron chi connectivity index (χ2n) is 3.64. The first-order chi connectivity index (χ1) is 8.70. The van der Waals surface area contributed by atoms with Crippen LogP contribution in [-0.2, 0) is 4.74 Å². The molecule has 0 aliphatic heterocycles. The summed E-state index contributed by atoms with van der Waals surface area (Å²) in [7, 11) is 0. The highest BCUT2D eigenvalue weighted by atomic mass is 16.5. The maximum atomic E-state index is 11.4. The maximum Gasteiger partial charge on any atom is 0.341 e. The van der Waals surface area contributed by atoms with Crippen LogP contribution < -0.4 is 5.73 Å². The molecule has 18 heavy (non-hydrogen) atoms. The predicted molar refractivity (Wildman–Crippen MR) is 67.8 cm³/mol. The Morgan fingerprint density at radius 1 is 1.22 bits per heavy atom. The second kappa shape index (κ2) is 5.27. The minimum Gasteiger partial charge on any atom is -0.462 e. The van der Waals surface area contributed by atoms with E-state index in [0.29, 0.717) is 23.7 Å². The van der Waals surface area contributed by atoms with Crippen molar-refractivity contribution in [3.05, 3.63) is 42.2 Å². The van der Waals surface area contributed by atoms with Gasteiger partial charge in [0.2, 0.25) is 0 Å². The van der Waals surface area contributed by atoms with E-state index in [1.165, 1.54) is 12.4 Å². The van der Waals surface area contributed by atoms with E-state index in [9.17, 15) is 4.79 Å². The van der Waals surface area contributed by atoms with Crippen molar-refractivity contribution in [2.24, 2.45) is 0 Å². The monoisotopic (exact) mass is 243 g/mol. The van der Waals surface area contributed by atoms with Crippen LogP contribution in [0.3, 0.4) is 0 Å². The third-order valence-electron chi connectivity index (χ3n) is 2.33. The Morgan fingerprint density at radius 3 is 2.39 bits per heavy atom. The largest absolute Gasteiger partial charge is 0.462 e. The van der Waals surface area contributed by atoms with Gasteiger partial charge in [-0.1, -0.05) is 0 Å². The van der Waals surface area contributed by atoms with Crippen LogP contribution in [0.1, 0.15) is 17.3 Å². The van der Waals surface area contributed by atoms with Gasteiger partial charge >= 0.3 is 5.97 Å². The van der Waals surface area contributed by atoms with Gasteiger partial charge in [0.25, 0.3) is 0 Å². The number of benzene rings is 1. The van der Waals surface area contributed by atoms with E-state index in [1.54, 1.807) is 19.1 Å². The zero-order valence-electron chi connectivity index (χ0n) is 9.96. The van der Waals surface area contributed by atoms with Gasteiger partial charge in [-0.2, -0.15) is 0 Å². The van der Waals surface area contributed by atoms with Crippen molar-refractivity contribution in [2.45, 2.75) is 6.92 Å². The Kier molecular flexibility index (Phi) is 3.52. The number of ether oxygens (including phenoxy) is 1. The topological polar surface area (TPSA) is 78.1 Å². The zero-order valence-corrected chi connectivity index (χ0v) is 9.96. The predicted octanol–water partition coefficient (Wildman–Crippen LogP) is 1.90. The Labute approximate surface area is 105 Å². The lowest BCUT2D eigenvalue weighted by Crippen LogP contribution is -2.06. The van der Waals surface area contributed by atoms with Gasteiger partial charge in [-0.3, -0.25) is 0 Å². The first-order valence-corrected chi connectivity index (χ1v) is 5.56. The van der Waals surface area contributed by atoms with Crippen LogP contribution in [0.5, 0.6) is 0 Å². The van der Waals surface area contributed by atoms with E-state index in [2.05, 4.69) is 9.97 Å². The van der Waals surface area contributed by atoms with E-state index >= 15 is 0 Å². The standard InChI is InChI=1S/C13H13N3O2/c1-2-18-13(17)10-7-15-12(16-8-10)9-3-5-11(14)6-4-9/h3-8H,2,14H2,1H3. The molecular formula is C13H13N3O2. The molecule has 0 spiro atoms. The molecule has 2 rings (SSSR count). The van der Waals surface area contributed by atoms with Gasteiger partial charge in [0.15, 0.2) is 5.82 Å². The number of anilines is 1. The number of rotatable bonds is 3. The summed E-state index contributed by atoms with van der Waals surface area (Å²) in [4.78, 5) is 19.7. The van der Waals surface area contributed by atoms with E-state index < -0.39 is 5.97 Å². The van der Waals surface area contributed by atoms with E-state index in [4.69, 9.17) is 10.5 Å². The van der Waals surface area contributed by atoms with Crippen molar-refractivity contribution in [1.29, 1.82) is 0 Å². The highest BCUT2D eigenvalue weighted by molar-refractivity contribution is 5.88. The summed E-state index contributed by atoms with van der Waals surface area (Å²) in [5, 5.41) is 0. The fourth-order valence-corrected chi connectivity index (χ4v) is 1.43. The highest BCUT2D eigenvalue weighted by Gasteiger charge is 2.08. The molecule has 0 atom stereocenters. The molecule has 0 aliphatic rings. The second-order valence-corrected chi connectivity index (χ2v) is 3.64. The summed E-state index contributed by atoms with van der Waals surface area (Å²) in [6, 6.07) is 7.21.